The molecule has 0 saturated carbocycles. The fraction of sp³-hybridized carbons (Fsp3) is 0.0588. The molecule has 2 rings (SSSR count). The fourth-order valence-corrected chi connectivity index (χ4v) is 1.78. The van der Waals surface area contributed by atoms with Gasteiger partial charge in [0.05, 0.1) is 5.69 Å². The van der Waals surface area contributed by atoms with E-state index < -0.39 is 17.5 Å². The van der Waals surface area contributed by atoms with Gasteiger partial charge in [-0.15, -0.1) is 0 Å². The first kappa shape index (κ1) is 16.2. The Morgan fingerprint density at radius 1 is 1.17 bits per heavy atom. The van der Waals surface area contributed by atoms with Crippen LogP contribution in [0.1, 0.15) is 5.56 Å². The third-order valence-electron chi connectivity index (χ3n) is 2.96. The molecule has 23 heavy (non-hydrogen) atoms. The number of nitrogens with zero attached hydrogens (tertiary/aromatic N) is 1. The Morgan fingerprint density at radius 2 is 1.91 bits per heavy atom. The lowest BCUT2D eigenvalue weighted by atomic mass is 10.2. The molecular weight excluding hydrogens is 300 g/mol. The van der Waals surface area contributed by atoms with E-state index in [1.807, 2.05) is 30.3 Å². The van der Waals surface area contributed by atoms with Crippen LogP contribution in [0.25, 0.3) is 0 Å². The van der Waals surface area contributed by atoms with Gasteiger partial charge in [-0.1, -0.05) is 30.3 Å². The molecule has 0 fully saturated rings. The summed E-state index contributed by atoms with van der Waals surface area (Å²) in [6.07, 6.45) is 1.08. The third kappa shape index (κ3) is 4.64. The first-order chi connectivity index (χ1) is 11.1. The number of carbonyl (C=O) groups is 1. The molecule has 6 heteroatoms. The second kappa shape index (κ2) is 7.71. The number of nitriles is 1. The topological polar surface area (TPSA) is 64.9 Å². The van der Waals surface area contributed by atoms with E-state index >= 15 is 0 Å². The lowest BCUT2D eigenvalue weighted by molar-refractivity contribution is -0.117. The normalized spacial score (nSPS) is 10.7. The van der Waals surface area contributed by atoms with Crippen LogP contribution in [0, 0.1) is 23.0 Å². The summed E-state index contributed by atoms with van der Waals surface area (Å²) < 4.78 is 26.3. The van der Waals surface area contributed by atoms with Crippen LogP contribution in [-0.2, 0) is 11.3 Å². The molecule has 0 aromatic heterocycles. The lowest BCUT2D eigenvalue weighted by Crippen LogP contribution is -2.24. The van der Waals surface area contributed by atoms with Crippen molar-refractivity contribution >= 4 is 11.6 Å². The molecule has 1 amide bonds. The Morgan fingerprint density at radius 3 is 2.57 bits per heavy atom. The first-order valence-electron chi connectivity index (χ1n) is 6.74. The molecule has 0 aliphatic heterocycles. The zero-order valence-corrected chi connectivity index (χ0v) is 12.0. The molecule has 2 N–H and O–H groups in total. The maximum absolute atomic E-state index is 13.5. The van der Waals surface area contributed by atoms with Crippen molar-refractivity contribution in [2.24, 2.45) is 0 Å². The van der Waals surface area contributed by atoms with Crippen molar-refractivity contribution in [3.8, 4) is 6.07 Å². The minimum Gasteiger partial charge on any atom is -0.358 e. The van der Waals surface area contributed by atoms with Gasteiger partial charge in [-0.3, -0.25) is 4.79 Å². The fourth-order valence-electron chi connectivity index (χ4n) is 1.78. The Kier molecular flexibility index (Phi) is 5.42. The van der Waals surface area contributed by atoms with Crippen LogP contribution < -0.4 is 10.6 Å². The molecule has 0 bridgehead atoms. The molecule has 116 valence electrons. The number of halogens is 2. The Hall–Kier alpha value is -3.20. The van der Waals surface area contributed by atoms with Crippen molar-refractivity contribution in [1.29, 1.82) is 5.26 Å². The second-order valence-electron chi connectivity index (χ2n) is 4.61. The summed E-state index contributed by atoms with van der Waals surface area (Å²) >= 11 is 0. The highest BCUT2D eigenvalue weighted by Gasteiger charge is 2.09. The molecule has 0 unspecified atom stereocenters. The van der Waals surface area contributed by atoms with Crippen LogP contribution in [-0.4, -0.2) is 5.91 Å². The summed E-state index contributed by atoms with van der Waals surface area (Å²) in [6.45, 7) is 0.267. The van der Waals surface area contributed by atoms with Crippen LogP contribution in [0.4, 0.5) is 14.5 Å². The van der Waals surface area contributed by atoms with Gasteiger partial charge in [-0.2, -0.15) is 5.26 Å². The van der Waals surface area contributed by atoms with Crippen LogP contribution in [0.15, 0.2) is 60.3 Å². The van der Waals surface area contributed by atoms with E-state index in [4.69, 9.17) is 5.26 Å². The predicted octanol–water partition coefficient (Wildman–Crippen LogP) is 3.10. The van der Waals surface area contributed by atoms with Crippen molar-refractivity contribution in [1.82, 2.24) is 5.32 Å². The number of carbonyl (C=O) groups excluding carboxylic acids is 1. The van der Waals surface area contributed by atoms with E-state index in [2.05, 4.69) is 10.6 Å². The zero-order valence-electron chi connectivity index (χ0n) is 12.0. The number of rotatable bonds is 5. The van der Waals surface area contributed by atoms with Gasteiger partial charge in [-0.05, 0) is 17.7 Å². The number of anilines is 1. The summed E-state index contributed by atoms with van der Waals surface area (Å²) in [7, 11) is 0. The standard InChI is InChI=1S/C17H13F2N3O/c18-14-6-7-16(15(19)8-14)21-11-13(9-20)17(23)22-10-12-4-2-1-3-5-12/h1-8,11,21H,10H2,(H,22,23)/b13-11-. The van der Waals surface area contributed by atoms with E-state index in [0.717, 1.165) is 17.8 Å². The van der Waals surface area contributed by atoms with Crippen molar-refractivity contribution in [2.45, 2.75) is 6.54 Å². The maximum Gasteiger partial charge on any atom is 0.263 e. The van der Waals surface area contributed by atoms with E-state index in [9.17, 15) is 13.6 Å². The number of nitrogens with one attached hydrogen (secondary N) is 2. The highest BCUT2D eigenvalue weighted by atomic mass is 19.1. The van der Waals surface area contributed by atoms with Crippen LogP contribution >= 0.6 is 0 Å². The summed E-state index contributed by atoms with van der Waals surface area (Å²) in [6, 6.07) is 13.9. The number of amides is 1. The SMILES string of the molecule is N#C/C(=C/Nc1ccc(F)cc1F)C(=O)NCc1ccccc1. The van der Waals surface area contributed by atoms with Gasteiger partial charge in [-0.25, -0.2) is 8.78 Å². The second-order valence-corrected chi connectivity index (χ2v) is 4.61. The van der Waals surface area contributed by atoms with Gasteiger partial charge in [0.15, 0.2) is 0 Å². The summed E-state index contributed by atoms with van der Waals surface area (Å²) in [5.74, 6) is -2.12. The van der Waals surface area contributed by atoms with E-state index in [0.29, 0.717) is 6.07 Å². The molecular formula is C17H13F2N3O. The van der Waals surface area contributed by atoms with Crippen molar-refractivity contribution in [3.05, 3.63) is 77.5 Å². The highest BCUT2D eigenvalue weighted by molar-refractivity contribution is 5.97. The molecule has 0 aliphatic rings. The molecule has 2 aromatic carbocycles. The molecule has 0 spiro atoms. The molecule has 0 heterocycles. The molecule has 0 saturated heterocycles. The lowest BCUT2D eigenvalue weighted by Gasteiger charge is -2.06. The minimum absolute atomic E-state index is 0.0324. The van der Waals surface area contributed by atoms with Gasteiger partial charge in [0.25, 0.3) is 5.91 Å². The van der Waals surface area contributed by atoms with Gasteiger partial charge in [0.2, 0.25) is 0 Å². The first-order valence-corrected chi connectivity index (χ1v) is 6.74. The van der Waals surface area contributed by atoms with Crippen molar-refractivity contribution in [2.75, 3.05) is 5.32 Å². The molecule has 0 atom stereocenters. The van der Waals surface area contributed by atoms with Gasteiger partial charge in [0.1, 0.15) is 23.3 Å². The number of benzene rings is 2. The Bertz CT molecular complexity index is 767. The summed E-state index contributed by atoms with van der Waals surface area (Å²) in [4.78, 5) is 11.9. The Balaban J connectivity index is 2.00. The third-order valence-corrected chi connectivity index (χ3v) is 2.96. The van der Waals surface area contributed by atoms with E-state index in [-0.39, 0.29) is 17.8 Å². The van der Waals surface area contributed by atoms with Crippen LogP contribution in [0.5, 0.6) is 0 Å². The van der Waals surface area contributed by atoms with E-state index in [1.54, 1.807) is 6.07 Å². The van der Waals surface area contributed by atoms with Gasteiger partial charge >= 0.3 is 0 Å². The maximum atomic E-state index is 13.5. The van der Waals surface area contributed by atoms with Crippen LogP contribution in [0.3, 0.4) is 0 Å². The quantitative estimate of drug-likeness (QED) is 0.658. The van der Waals surface area contributed by atoms with Gasteiger partial charge in [0, 0.05) is 18.8 Å². The summed E-state index contributed by atoms with van der Waals surface area (Å²) in [5, 5.41) is 14.1. The van der Waals surface area contributed by atoms with Gasteiger partial charge < -0.3 is 10.6 Å². The molecule has 4 nitrogen and oxygen atoms in total. The monoisotopic (exact) mass is 313 g/mol. The van der Waals surface area contributed by atoms with Crippen molar-refractivity contribution < 1.29 is 13.6 Å². The molecule has 0 aliphatic carbocycles. The Labute approximate surface area is 132 Å². The number of hydrogen-bond donors (Lipinski definition) is 2. The average molecular weight is 313 g/mol. The largest absolute Gasteiger partial charge is 0.358 e. The highest BCUT2D eigenvalue weighted by Crippen LogP contribution is 2.15. The van der Waals surface area contributed by atoms with Crippen LogP contribution in [0.2, 0.25) is 0 Å². The zero-order chi connectivity index (χ0) is 16.7. The average Bonchev–Trinajstić information content (AvgIpc) is 2.56. The molecule has 2 aromatic rings. The predicted molar refractivity (Wildman–Crippen MR) is 82.0 cm³/mol. The summed E-state index contributed by atoms with van der Waals surface area (Å²) in [5.41, 5.74) is 0.635. The van der Waals surface area contributed by atoms with Crippen molar-refractivity contribution in [3.63, 3.8) is 0 Å². The smallest absolute Gasteiger partial charge is 0.263 e. The van der Waals surface area contributed by atoms with E-state index in [1.165, 1.54) is 6.07 Å². The number of hydrogen-bond acceptors (Lipinski definition) is 3. The minimum atomic E-state index is -0.816. The molecule has 0 radical (unpaired) electrons.